The lowest BCUT2D eigenvalue weighted by Gasteiger charge is -2.18. The van der Waals surface area contributed by atoms with E-state index < -0.39 is 6.10 Å². The minimum absolute atomic E-state index is 0.102. The minimum Gasteiger partial charge on any atom is -0.462 e. The number of esters is 3. The SMILES string of the molecule is CC\C=C/C=C\C=C/CCCCCCCC(=O)OCC(COC(=O)CCCCCCCCCCCCC)OC(=O)CCC/C=C\C/C=C\C/C=C\CC. The van der Waals surface area contributed by atoms with Crippen molar-refractivity contribution < 1.29 is 28.6 Å². The summed E-state index contributed by atoms with van der Waals surface area (Å²) in [6, 6.07) is 0. The van der Waals surface area contributed by atoms with Gasteiger partial charge >= 0.3 is 17.9 Å². The van der Waals surface area contributed by atoms with Gasteiger partial charge in [-0.2, -0.15) is 0 Å². The molecule has 0 radical (unpaired) electrons. The third-order valence-corrected chi connectivity index (χ3v) is 8.77. The summed E-state index contributed by atoms with van der Waals surface area (Å²) in [6.45, 7) is 6.29. The molecular weight excluding hydrogens is 661 g/mol. The normalized spacial score (nSPS) is 12.7. The molecule has 0 aliphatic carbocycles. The number of carbonyl (C=O) groups excluding carboxylic acids is 3. The molecule has 0 N–H and O–H groups in total. The van der Waals surface area contributed by atoms with E-state index in [0.29, 0.717) is 19.3 Å². The van der Waals surface area contributed by atoms with Gasteiger partial charge in [0.25, 0.3) is 0 Å². The van der Waals surface area contributed by atoms with Crippen LogP contribution in [0.1, 0.15) is 188 Å². The topological polar surface area (TPSA) is 78.9 Å². The van der Waals surface area contributed by atoms with Gasteiger partial charge in [-0.3, -0.25) is 14.4 Å². The fraction of sp³-hybridized carbons (Fsp3) is 0.681. The Bertz CT molecular complexity index is 1030. The Balaban J connectivity index is 4.48. The zero-order chi connectivity index (χ0) is 38.7. The first-order chi connectivity index (χ1) is 26.0. The van der Waals surface area contributed by atoms with E-state index in [1.54, 1.807) is 0 Å². The zero-order valence-corrected chi connectivity index (χ0v) is 34.3. The van der Waals surface area contributed by atoms with Crippen LogP contribution < -0.4 is 0 Å². The van der Waals surface area contributed by atoms with Crippen molar-refractivity contribution in [3.05, 3.63) is 72.9 Å². The number of ether oxygens (including phenoxy) is 3. The lowest BCUT2D eigenvalue weighted by molar-refractivity contribution is -0.167. The summed E-state index contributed by atoms with van der Waals surface area (Å²) in [7, 11) is 0. The first-order valence-electron chi connectivity index (χ1n) is 21.5. The maximum Gasteiger partial charge on any atom is 0.306 e. The molecule has 0 aliphatic heterocycles. The van der Waals surface area contributed by atoms with Gasteiger partial charge in [-0.05, 0) is 64.2 Å². The number of carbonyl (C=O) groups is 3. The minimum atomic E-state index is -0.805. The van der Waals surface area contributed by atoms with Crippen molar-refractivity contribution in [2.24, 2.45) is 0 Å². The molecule has 0 aromatic rings. The Morgan fingerprint density at radius 2 is 0.849 bits per heavy atom. The second-order valence-electron chi connectivity index (χ2n) is 13.9. The monoisotopic (exact) mass is 739 g/mol. The number of hydrogen-bond donors (Lipinski definition) is 0. The van der Waals surface area contributed by atoms with Crippen LogP contribution in [0.4, 0.5) is 0 Å². The second-order valence-corrected chi connectivity index (χ2v) is 13.9. The van der Waals surface area contributed by atoms with Crippen molar-refractivity contribution in [3.8, 4) is 0 Å². The van der Waals surface area contributed by atoms with Crippen molar-refractivity contribution in [2.45, 2.75) is 194 Å². The Morgan fingerprint density at radius 3 is 1.40 bits per heavy atom. The van der Waals surface area contributed by atoms with E-state index in [1.165, 1.54) is 51.4 Å². The van der Waals surface area contributed by atoms with E-state index in [-0.39, 0.29) is 37.5 Å². The smallest absolute Gasteiger partial charge is 0.306 e. The van der Waals surface area contributed by atoms with Crippen molar-refractivity contribution in [1.82, 2.24) is 0 Å². The van der Waals surface area contributed by atoms with Gasteiger partial charge in [0, 0.05) is 19.3 Å². The van der Waals surface area contributed by atoms with E-state index in [4.69, 9.17) is 14.2 Å². The first kappa shape index (κ1) is 49.9. The molecule has 6 nitrogen and oxygen atoms in total. The summed E-state index contributed by atoms with van der Waals surface area (Å²) in [4.78, 5) is 37.6. The van der Waals surface area contributed by atoms with Crippen LogP contribution in [0.25, 0.3) is 0 Å². The van der Waals surface area contributed by atoms with Crippen LogP contribution in [0.5, 0.6) is 0 Å². The van der Waals surface area contributed by atoms with Gasteiger partial charge in [-0.25, -0.2) is 0 Å². The van der Waals surface area contributed by atoms with Crippen molar-refractivity contribution >= 4 is 17.9 Å². The summed E-state index contributed by atoms with van der Waals surface area (Å²) < 4.78 is 16.6. The van der Waals surface area contributed by atoms with Crippen LogP contribution in [-0.4, -0.2) is 37.2 Å². The number of hydrogen-bond acceptors (Lipinski definition) is 6. The third kappa shape index (κ3) is 39.9. The highest BCUT2D eigenvalue weighted by Crippen LogP contribution is 2.13. The molecular formula is C47H78O6. The first-order valence-corrected chi connectivity index (χ1v) is 21.5. The fourth-order valence-electron chi connectivity index (χ4n) is 5.58. The maximum atomic E-state index is 12.6. The van der Waals surface area contributed by atoms with Gasteiger partial charge in [0.1, 0.15) is 13.2 Å². The van der Waals surface area contributed by atoms with E-state index >= 15 is 0 Å². The van der Waals surface area contributed by atoms with E-state index in [2.05, 4.69) is 87.6 Å². The molecule has 302 valence electrons. The predicted octanol–water partition coefficient (Wildman–Crippen LogP) is 13.5. The van der Waals surface area contributed by atoms with Gasteiger partial charge in [-0.1, -0.05) is 177 Å². The van der Waals surface area contributed by atoms with Crippen LogP contribution in [0, 0.1) is 0 Å². The molecule has 0 saturated carbocycles. The van der Waals surface area contributed by atoms with Gasteiger partial charge in [0.05, 0.1) is 0 Å². The van der Waals surface area contributed by atoms with Crippen LogP contribution in [0.15, 0.2) is 72.9 Å². The molecule has 0 saturated heterocycles. The average molecular weight is 739 g/mol. The second kappa shape index (κ2) is 41.6. The summed E-state index contributed by atoms with van der Waals surface area (Å²) >= 11 is 0. The molecule has 0 fully saturated rings. The van der Waals surface area contributed by atoms with Crippen LogP contribution in [-0.2, 0) is 28.6 Å². The zero-order valence-electron chi connectivity index (χ0n) is 34.3. The lowest BCUT2D eigenvalue weighted by Crippen LogP contribution is -2.30. The highest BCUT2D eigenvalue weighted by atomic mass is 16.6. The Labute approximate surface area is 325 Å². The fourth-order valence-corrected chi connectivity index (χ4v) is 5.58. The Kier molecular flexibility index (Phi) is 39.1. The quantitative estimate of drug-likeness (QED) is 0.0208. The molecule has 0 aromatic carbocycles. The standard InChI is InChI=1S/C47H78O6/c1-4-7-10-13-16-19-22-23-26-28-31-34-37-40-46(49)52-43-44(53-47(50)41-38-35-32-29-25-21-18-15-12-9-6-3)42-51-45(48)39-36-33-30-27-24-20-17-14-11-8-5-2/h7,9-10,12-13,16,18-19,21-22,29,32,44H,4-6,8,11,14-15,17,20,23-28,30-31,33-43H2,1-3H3/b10-7-,12-9-,16-13-,21-18-,22-19-,32-29-. The summed E-state index contributed by atoms with van der Waals surface area (Å²) in [5.41, 5.74) is 0. The van der Waals surface area contributed by atoms with Gasteiger partial charge < -0.3 is 14.2 Å². The van der Waals surface area contributed by atoms with Gasteiger partial charge in [0.2, 0.25) is 0 Å². The molecule has 0 aromatic heterocycles. The number of rotatable bonds is 37. The van der Waals surface area contributed by atoms with Gasteiger partial charge in [0.15, 0.2) is 6.10 Å². The predicted molar refractivity (Wildman–Crippen MR) is 224 cm³/mol. The molecule has 53 heavy (non-hydrogen) atoms. The van der Waals surface area contributed by atoms with Crippen molar-refractivity contribution in [2.75, 3.05) is 13.2 Å². The largest absolute Gasteiger partial charge is 0.462 e. The Morgan fingerprint density at radius 1 is 0.415 bits per heavy atom. The molecule has 0 amide bonds. The highest BCUT2D eigenvalue weighted by Gasteiger charge is 2.19. The van der Waals surface area contributed by atoms with Crippen molar-refractivity contribution in [3.63, 3.8) is 0 Å². The molecule has 6 heteroatoms. The van der Waals surface area contributed by atoms with Gasteiger partial charge in [-0.15, -0.1) is 0 Å². The van der Waals surface area contributed by atoms with Crippen LogP contribution in [0.3, 0.4) is 0 Å². The Hall–Kier alpha value is -3.15. The molecule has 0 bridgehead atoms. The van der Waals surface area contributed by atoms with E-state index in [1.807, 2.05) is 6.08 Å². The summed E-state index contributed by atoms with van der Waals surface area (Å²) in [5.74, 6) is -0.988. The molecule has 0 spiro atoms. The van der Waals surface area contributed by atoms with E-state index in [9.17, 15) is 14.4 Å². The molecule has 1 atom stereocenters. The summed E-state index contributed by atoms with van der Waals surface area (Å²) in [5, 5.41) is 0. The van der Waals surface area contributed by atoms with Crippen LogP contribution in [0.2, 0.25) is 0 Å². The summed E-state index contributed by atoms with van der Waals surface area (Å²) in [6.07, 6.45) is 50.4. The van der Waals surface area contributed by atoms with Crippen molar-refractivity contribution in [1.29, 1.82) is 0 Å². The average Bonchev–Trinajstić information content (AvgIpc) is 3.15. The molecule has 1 unspecified atom stereocenters. The maximum absolute atomic E-state index is 12.6. The number of unbranched alkanes of at least 4 members (excludes halogenated alkanes) is 16. The lowest BCUT2D eigenvalue weighted by atomic mass is 10.1. The third-order valence-electron chi connectivity index (χ3n) is 8.77. The molecule has 0 rings (SSSR count). The number of allylic oxidation sites excluding steroid dienone is 12. The van der Waals surface area contributed by atoms with E-state index in [0.717, 1.165) is 89.9 Å². The molecule has 0 heterocycles. The van der Waals surface area contributed by atoms with Crippen LogP contribution >= 0.6 is 0 Å². The highest BCUT2D eigenvalue weighted by molar-refractivity contribution is 5.71. The molecule has 0 aliphatic rings.